The maximum Gasteiger partial charge on any atom is 0.272 e. The number of rotatable bonds is 6. The molecule has 2 rings (SSSR count). The van der Waals surface area contributed by atoms with Crippen molar-refractivity contribution in [1.82, 2.24) is 15.2 Å². The third-order valence-corrected chi connectivity index (χ3v) is 3.51. The normalized spacial score (nSPS) is 10.3. The lowest BCUT2D eigenvalue weighted by molar-refractivity contribution is -0.121. The van der Waals surface area contributed by atoms with Crippen LogP contribution in [0, 0.1) is 12.7 Å². The lowest BCUT2D eigenvalue weighted by Gasteiger charge is -2.20. The van der Waals surface area contributed by atoms with Gasteiger partial charge < -0.3 is 10.2 Å². The molecule has 0 bridgehead atoms. The second kappa shape index (κ2) is 8.19. The molecule has 0 unspecified atom stereocenters. The van der Waals surface area contributed by atoms with Crippen LogP contribution in [0.15, 0.2) is 42.5 Å². The molecular weight excluding hydrogens is 309 g/mol. The van der Waals surface area contributed by atoms with E-state index < -0.39 is 0 Å². The van der Waals surface area contributed by atoms with E-state index in [4.69, 9.17) is 0 Å². The summed E-state index contributed by atoms with van der Waals surface area (Å²) in [5, 5.41) is 2.73. The Labute approximate surface area is 140 Å². The summed E-state index contributed by atoms with van der Waals surface area (Å²) in [4.78, 5) is 30.1. The Morgan fingerprint density at radius 3 is 2.50 bits per heavy atom. The van der Waals surface area contributed by atoms with Crippen LogP contribution in [0.3, 0.4) is 0 Å². The Hall–Kier alpha value is -2.76. The van der Waals surface area contributed by atoms with Crippen molar-refractivity contribution in [2.75, 3.05) is 13.1 Å². The second-order valence-electron chi connectivity index (χ2n) is 5.39. The largest absolute Gasteiger partial charge is 0.350 e. The van der Waals surface area contributed by atoms with Crippen molar-refractivity contribution in [3.8, 4) is 0 Å². The van der Waals surface area contributed by atoms with Crippen LogP contribution < -0.4 is 5.32 Å². The van der Waals surface area contributed by atoms with E-state index in [0.717, 1.165) is 11.3 Å². The van der Waals surface area contributed by atoms with E-state index >= 15 is 0 Å². The molecule has 1 N–H and O–H groups in total. The first-order valence-corrected chi connectivity index (χ1v) is 7.73. The zero-order valence-corrected chi connectivity index (χ0v) is 13.8. The molecule has 126 valence electrons. The number of aryl methyl sites for hydroxylation is 1. The van der Waals surface area contributed by atoms with Crippen molar-refractivity contribution in [2.45, 2.75) is 20.4 Å². The molecule has 6 heteroatoms. The molecule has 1 aromatic carbocycles. The quantitative estimate of drug-likeness (QED) is 0.884. The number of benzene rings is 1. The summed E-state index contributed by atoms with van der Waals surface area (Å²) in [5.74, 6) is -0.876. The Balaban J connectivity index is 1.92. The van der Waals surface area contributed by atoms with Gasteiger partial charge in [-0.2, -0.15) is 0 Å². The highest BCUT2D eigenvalue weighted by Crippen LogP contribution is 2.05. The fourth-order valence-corrected chi connectivity index (χ4v) is 2.18. The summed E-state index contributed by atoms with van der Waals surface area (Å²) >= 11 is 0. The fraction of sp³-hybridized carbons (Fsp3) is 0.278. The van der Waals surface area contributed by atoms with Gasteiger partial charge in [-0.1, -0.05) is 18.2 Å². The predicted molar refractivity (Wildman–Crippen MR) is 88.8 cm³/mol. The molecule has 0 fully saturated rings. The van der Waals surface area contributed by atoms with Crippen LogP contribution in [0.4, 0.5) is 4.39 Å². The number of nitrogens with zero attached hydrogens (tertiary/aromatic N) is 2. The van der Waals surface area contributed by atoms with Gasteiger partial charge in [-0.05, 0) is 43.7 Å². The van der Waals surface area contributed by atoms with Crippen molar-refractivity contribution in [3.63, 3.8) is 0 Å². The van der Waals surface area contributed by atoms with E-state index in [1.54, 1.807) is 31.2 Å². The Morgan fingerprint density at radius 2 is 1.88 bits per heavy atom. The van der Waals surface area contributed by atoms with Gasteiger partial charge in [0.2, 0.25) is 5.91 Å². The minimum absolute atomic E-state index is 0.0495. The molecule has 0 spiro atoms. The maximum atomic E-state index is 12.8. The van der Waals surface area contributed by atoms with Crippen molar-refractivity contribution in [3.05, 3.63) is 65.2 Å². The van der Waals surface area contributed by atoms with Crippen LogP contribution in [0.25, 0.3) is 0 Å². The van der Waals surface area contributed by atoms with Gasteiger partial charge in [0.15, 0.2) is 0 Å². The van der Waals surface area contributed by atoms with E-state index in [2.05, 4.69) is 10.3 Å². The number of carbonyl (C=O) groups is 2. The van der Waals surface area contributed by atoms with Crippen molar-refractivity contribution in [1.29, 1.82) is 0 Å². The SMILES string of the molecule is CCN(CC(=O)NCc1ccc(F)cc1)C(=O)c1cccc(C)n1. The minimum Gasteiger partial charge on any atom is -0.350 e. The van der Waals surface area contributed by atoms with Gasteiger partial charge in [0.05, 0.1) is 6.54 Å². The zero-order valence-electron chi connectivity index (χ0n) is 13.8. The standard InChI is InChI=1S/C18H20FN3O2/c1-3-22(18(24)16-6-4-5-13(2)21-16)12-17(23)20-11-14-7-9-15(19)10-8-14/h4-10H,3,11-12H2,1-2H3,(H,20,23). The van der Waals surface area contributed by atoms with Crippen molar-refractivity contribution in [2.24, 2.45) is 0 Å². The smallest absolute Gasteiger partial charge is 0.272 e. The van der Waals surface area contributed by atoms with E-state index in [9.17, 15) is 14.0 Å². The molecule has 0 saturated carbocycles. The molecule has 1 heterocycles. The van der Waals surface area contributed by atoms with Crippen LogP contribution in [0.5, 0.6) is 0 Å². The van der Waals surface area contributed by atoms with Crippen LogP contribution >= 0.6 is 0 Å². The summed E-state index contributed by atoms with van der Waals surface area (Å²) in [5.41, 5.74) is 1.86. The lowest BCUT2D eigenvalue weighted by Crippen LogP contribution is -2.40. The molecule has 5 nitrogen and oxygen atoms in total. The molecular formula is C18H20FN3O2. The van der Waals surface area contributed by atoms with Gasteiger partial charge in [0.1, 0.15) is 11.5 Å². The number of hydrogen-bond donors (Lipinski definition) is 1. The van der Waals surface area contributed by atoms with Gasteiger partial charge in [-0.15, -0.1) is 0 Å². The van der Waals surface area contributed by atoms with E-state index in [-0.39, 0.29) is 30.7 Å². The highest BCUT2D eigenvalue weighted by molar-refractivity contribution is 5.94. The number of pyridine rings is 1. The summed E-state index contributed by atoms with van der Waals surface area (Å²) in [6, 6.07) is 11.1. The van der Waals surface area contributed by atoms with E-state index in [0.29, 0.717) is 12.2 Å². The van der Waals surface area contributed by atoms with Gasteiger partial charge in [-0.25, -0.2) is 9.37 Å². The number of halogens is 1. The molecule has 2 amide bonds. The first-order valence-electron chi connectivity index (χ1n) is 7.73. The summed E-state index contributed by atoms with van der Waals surface area (Å²) in [7, 11) is 0. The van der Waals surface area contributed by atoms with Crippen molar-refractivity contribution < 1.29 is 14.0 Å². The average molecular weight is 329 g/mol. The Kier molecular flexibility index (Phi) is 6.01. The van der Waals surface area contributed by atoms with Gasteiger partial charge >= 0.3 is 0 Å². The topological polar surface area (TPSA) is 62.3 Å². The minimum atomic E-state index is -0.321. The molecule has 0 atom stereocenters. The second-order valence-corrected chi connectivity index (χ2v) is 5.39. The van der Waals surface area contributed by atoms with Crippen LogP contribution in [0.2, 0.25) is 0 Å². The van der Waals surface area contributed by atoms with Crippen LogP contribution in [-0.4, -0.2) is 34.8 Å². The van der Waals surface area contributed by atoms with E-state index in [1.165, 1.54) is 17.0 Å². The first kappa shape index (κ1) is 17.6. The summed E-state index contributed by atoms with van der Waals surface area (Å²) in [6.07, 6.45) is 0. The fourth-order valence-electron chi connectivity index (χ4n) is 2.18. The molecule has 0 radical (unpaired) electrons. The number of likely N-dealkylation sites (N-methyl/N-ethyl adjacent to an activating group) is 1. The number of hydrogen-bond acceptors (Lipinski definition) is 3. The van der Waals surface area contributed by atoms with Gasteiger partial charge in [-0.3, -0.25) is 9.59 Å². The predicted octanol–water partition coefficient (Wildman–Crippen LogP) is 2.31. The molecule has 0 aliphatic rings. The zero-order chi connectivity index (χ0) is 17.5. The summed E-state index contributed by atoms with van der Waals surface area (Å²) in [6.45, 7) is 4.25. The van der Waals surface area contributed by atoms with E-state index in [1.807, 2.05) is 13.0 Å². The molecule has 1 aromatic heterocycles. The number of carbonyl (C=O) groups excluding carboxylic acids is 2. The highest BCUT2D eigenvalue weighted by Gasteiger charge is 2.18. The van der Waals surface area contributed by atoms with Gasteiger partial charge in [0, 0.05) is 18.8 Å². The van der Waals surface area contributed by atoms with Crippen LogP contribution in [0.1, 0.15) is 28.7 Å². The Morgan fingerprint density at radius 1 is 1.17 bits per heavy atom. The Bertz CT molecular complexity index is 716. The van der Waals surface area contributed by atoms with Crippen molar-refractivity contribution >= 4 is 11.8 Å². The lowest BCUT2D eigenvalue weighted by atomic mass is 10.2. The molecule has 2 aromatic rings. The number of aromatic nitrogens is 1. The molecule has 0 aliphatic carbocycles. The van der Waals surface area contributed by atoms with Gasteiger partial charge in [0.25, 0.3) is 5.91 Å². The number of amides is 2. The molecule has 0 aliphatic heterocycles. The highest BCUT2D eigenvalue weighted by atomic mass is 19.1. The molecule has 24 heavy (non-hydrogen) atoms. The average Bonchev–Trinajstić information content (AvgIpc) is 2.58. The van der Waals surface area contributed by atoms with Crippen LogP contribution in [-0.2, 0) is 11.3 Å². The monoisotopic (exact) mass is 329 g/mol. The maximum absolute atomic E-state index is 12.8. The summed E-state index contributed by atoms with van der Waals surface area (Å²) < 4.78 is 12.8. The third-order valence-electron chi connectivity index (χ3n) is 3.51. The third kappa shape index (κ3) is 4.87. The first-order chi connectivity index (χ1) is 11.5. The number of nitrogens with one attached hydrogen (secondary N) is 1. The molecule has 0 saturated heterocycles.